The Hall–Kier alpha value is -1.18. The Morgan fingerprint density at radius 1 is 1.50 bits per heavy atom. The van der Waals surface area contributed by atoms with Crippen molar-refractivity contribution in [2.75, 3.05) is 7.05 Å². The van der Waals surface area contributed by atoms with Crippen molar-refractivity contribution in [2.24, 2.45) is 0 Å². The number of nitrogens with zero attached hydrogens (tertiary/aromatic N) is 1. The van der Waals surface area contributed by atoms with Gasteiger partial charge in [-0.15, -0.1) is 0 Å². The van der Waals surface area contributed by atoms with Crippen LogP contribution in [0.2, 0.25) is 5.02 Å². The first kappa shape index (κ1) is 14.9. The lowest BCUT2D eigenvalue weighted by Gasteiger charge is -2.21. The molecule has 1 atom stereocenters. The molecule has 8 heteroatoms. The van der Waals surface area contributed by atoms with Gasteiger partial charge >= 0.3 is 5.97 Å². The minimum absolute atomic E-state index is 0.0475. The number of likely N-dealkylation sites (N-methyl/N-ethyl adjacent to an activating group) is 1. The second-order valence-corrected chi connectivity index (χ2v) is 6.01. The standard InChI is InChI=1S/C10H11ClFNO4S/c1-6(10(14)15)13(2)18(16,17)9-5-7(11)3-4-8(9)12/h3-6H,1-2H3,(H,14,15). The van der Waals surface area contributed by atoms with Gasteiger partial charge in [-0.1, -0.05) is 11.6 Å². The molecule has 1 rings (SSSR count). The first-order chi connectivity index (χ1) is 8.17. The van der Waals surface area contributed by atoms with E-state index in [0.717, 1.165) is 19.2 Å². The first-order valence-electron chi connectivity index (χ1n) is 4.84. The van der Waals surface area contributed by atoms with Crippen molar-refractivity contribution in [3.8, 4) is 0 Å². The Morgan fingerprint density at radius 2 is 2.06 bits per heavy atom. The number of hydrogen-bond donors (Lipinski definition) is 1. The topological polar surface area (TPSA) is 74.7 Å². The summed E-state index contributed by atoms with van der Waals surface area (Å²) in [5, 5.41) is 8.81. The Labute approximate surface area is 109 Å². The molecule has 1 N–H and O–H groups in total. The van der Waals surface area contributed by atoms with Crippen LogP contribution in [0.25, 0.3) is 0 Å². The third kappa shape index (κ3) is 2.80. The number of sulfonamides is 1. The van der Waals surface area contributed by atoms with Gasteiger partial charge < -0.3 is 5.11 Å². The molecule has 0 aliphatic heterocycles. The van der Waals surface area contributed by atoms with Gasteiger partial charge in [0.2, 0.25) is 10.0 Å². The lowest BCUT2D eigenvalue weighted by molar-refractivity contribution is -0.140. The molecule has 1 aromatic carbocycles. The molecule has 0 saturated carbocycles. The molecule has 0 fully saturated rings. The molecular formula is C10H11ClFNO4S. The highest BCUT2D eigenvalue weighted by atomic mass is 35.5. The van der Waals surface area contributed by atoms with Crippen LogP contribution in [-0.4, -0.2) is 36.9 Å². The number of benzene rings is 1. The van der Waals surface area contributed by atoms with Gasteiger partial charge in [0.15, 0.2) is 0 Å². The van der Waals surface area contributed by atoms with E-state index < -0.39 is 32.7 Å². The maximum Gasteiger partial charge on any atom is 0.321 e. The Balaban J connectivity index is 3.29. The third-order valence-electron chi connectivity index (χ3n) is 2.45. The van der Waals surface area contributed by atoms with E-state index in [4.69, 9.17) is 16.7 Å². The molecule has 0 radical (unpaired) electrons. The molecule has 100 valence electrons. The second-order valence-electron chi connectivity index (χ2n) is 3.61. The van der Waals surface area contributed by atoms with E-state index in [1.54, 1.807) is 0 Å². The van der Waals surface area contributed by atoms with Crippen molar-refractivity contribution >= 4 is 27.6 Å². The van der Waals surface area contributed by atoms with Gasteiger partial charge in [0.1, 0.15) is 16.8 Å². The van der Waals surface area contributed by atoms with Crippen LogP contribution in [0.1, 0.15) is 6.92 Å². The molecule has 0 saturated heterocycles. The fourth-order valence-electron chi connectivity index (χ4n) is 1.19. The van der Waals surface area contributed by atoms with Gasteiger partial charge in [0.25, 0.3) is 0 Å². The third-order valence-corrected chi connectivity index (χ3v) is 4.63. The molecule has 1 aromatic rings. The Morgan fingerprint density at radius 3 is 2.56 bits per heavy atom. The molecule has 0 amide bonds. The summed E-state index contributed by atoms with van der Waals surface area (Å²) < 4.78 is 38.1. The predicted molar refractivity (Wildman–Crippen MR) is 63.5 cm³/mol. The lowest BCUT2D eigenvalue weighted by Crippen LogP contribution is -2.40. The molecular weight excluding hydrogens is 285 g/mol. The minimum Gasteiger partial charge on any atom is -0.480 e. The molecule has 18 heavy (non-hydrogen) atoms. The van der Waals surface area contributed by atoms with Crippen molar-refractivity contribution in [3.05, 3.63) is 29.0 Å². The number of hydrogen-bond acceptors (Lipinski definition) is 3. The van der Waals surface area contributed by atoms with E-state index in [2.05, 4.69) is 0 Å². The summed E-state index contributed by atoms with van der Waals surface area (Å²) >= 11 is 5.60. The van der Waals surface area contributed by atoms with Gasteiger partial charge in [-0.3, -0.25) is 4.79 Å². The van der Waals surface area contributed by atoms with Crippen molar-refractivity contribution in [1.82, 2.24) is 4.31 Å². The predicted octanol–water partition coefficient (Wildman–Crippen LogP) is 1.57. The Kier molecular flexibility index (Phi) is 4.31. The van der Waals surface area contributed by atoms with Crippen LogP contribution >= 0.6 is 11.6 Å². The van der Waals surface area contributed by atoms with Crippen molar-refractivity contribution in [1.29, 1.82) is 0 Å². The molecule has 0 aromatic heterocycles. The summed E-state index contributed by atoms with van der Waals surface area (Å²) in [6.07, 6.45) is 0. The van der Waals surface area contributed by atoms with Crippen LogP contribution in [-0.2, 0) is 14.8 Å². The molecule has 5 nitrogen and oxygen atoms in total. The van der Waals surface area contributed by atoms with E-state index in [-0.39, 0.29) is 5.02 Å². The van der Waals surface area contributed by atoms with E-state index in [0.29, 0.717) is 4.31 Å². The van der Waals surface area contributed by atoms with E-state index >= 15 is 0 Å². The van der Waals surface area contributed by atoms with Gasteiger partial charge in [0.05, 0.1) is 0 Å². The second kappa shape index (κ2) is 5.21. The fourth-order valence-corrected chi connectivity index (χ4v) is 2.84. The van der Waals surface area contributed by atoms with E-state index in [1.807, 2.05) is 0 Å². The average Bonchev–Trinajstić information content (AvgIpc) is 2.29. The maximum absolute atomic E-state index is 13.5. The van der Waals surface area contributed by atoms with Crippen molar-refractivity contribution in [3.63, 3.8) is 0 Å². The lowest BCUT2D eigenvalue weighted by atomic mass is 10.3. The summed E-state index contributed by atoms with van der Waals surface area (Å²) in [7, 11) is -3.18. The van der Waals surface area contributed by atoms with Crippen LogP contribution in [0.15, 0.2) is 23.1 Å². The van der Waals surface area contributed by atoms with Crippen molar-refractivity contribution in [2.45, 2.75) is 17.9 Å². The van der Waals surface area contributed by atoms with Crippen LogP contribution in [0.4, 0.5) is 4.39 Å². The smallest absolute Gasteiger partial charge is 0.321 e. The molecule has 0 bridgehead atoms. The minimum atomic E-state index is -4.24. The molecule has 1 unspecified atom stereocenters. The number of aliphatic carboxylic acids is 1. The van der Waals surface area contributed by atoms with Crippen molar-refractivity contribution < 1.29 is 22.7 Å². The SMILES string of the molecule is CC(C(=O)O)N(C)S(=O)(=O)c1cc(Cl)ccc1F. The Bertz CT molecular complexity index is 575. The highest BCUT2D eigenvalue weighted by Crippen LogP contribution is 2.23. The zero-order valence-corrected chi connectivity index (χ0v) is 11.2. The highest BCUT2D eigenvalue weighted by Gasteiger charge is 2.31. The van der Waals surface area contributed by atoms with Crippen LogP contribution in [0, 0.1) is 5.82 Å². The first-order valence-corrected chi connectivity index (χ1v) is 6.65. The zero-order chi connectivity index (χ0) is 14.1. The largest absolute Gasteiger partial charge is 0.480 e. The van der Waals surface area contributed by atoms with Crippen LogP contribution < -0.4 is 0 Å². The number of halogens is 2. The fraction of sp³-hybridized carbons (Fsp3) is 0.300. The number of carboxylic acid groups (broad SMARTS) is 1. The maximum atomic E-state index is 13.5. The summed E-state index contributed by atoms with van der Waals surface area (Å²) in [6.45, 7) is 1.18. The van der Waals surface area contributed by atoms with Crippen LogP contribution in [0.5, 0.6) is 0 Å². The number of carbonyl (C=O) groups is 1. The van der Waals surface area contributed by atoms with Gasteiger partial charge in [-0.2, -0.15) is 4.31 Å². The number of carboxylic acids is 1. The number of rotatable bonds is 4. The van der Waals surface area contributed by atoms with Gasteiger partial charge in [0, 0.05) is 12.1 Å². The quantitative estimate of drug-likeness (QED) is 0.915. The molecule has 0 aliphatic carbocycles. The van der Waals surface area contributed by atoms with E-state index in [1.165, 1.54) is 13.0 Å². The van der Waals surface area contributed by atoms with Crippen LogP contribution in [0.3, 0.4) is 0 Å². The molecule has 0 heterocycles. The zero-order valence-electron chi connectivity index (χ0n) is 9.59. The normalized spacial score (nSPS) is 13.6. The summed E-state index contributed by atoms with van der Waals surface area (Å²) in [4.78, 5) is 10.1. The molecule has 0 spiro atoms. The molecule has 0 aliphatic rings. The summed E-state index contributed by atoms with van der Waals surface area (Å²) in [5.74, 6) is -2.31. The van der Waals surface area contributed by atoms with Gasteiger partial charge in [-0.25, -0.2) is 12.8 Å². The monoisotopic (exact) mass is 295 g/mol. The van der Waals surface area contributed by atoms with Gasteiger partial charge in [-0.05, 0) is 25.1 Å². The van der Waals surface area contributed by atoms with E-state index in [9.17, 15) is 17.6 Å². The highest BCUT2D eigenvalue weighted by molar-refractivity contribution is 7.89. The summed E-state index contributed by atoms with van der Waals surface area (Å²) in [5.41, 5.74) is 0. The average molecular weight is 296 g/mol. The summed E-state index contributed by atoms with van der Waals surface area (Å²) in [6, 6.07) is 1.75.